The highest BCUT2D eigenvalue weighted by molar-refractivity contribution is 5.82. The van der Waals surface area contributed by atoms with E-state index < -0.39 is 11.6 Å². The number of esters is 1. The first-order valence-corrected chi connectivity index (χ1v) is 4.55. The topological polar surface area (TPSA) is 76.1 Å². The lowest BCUT2D eigenvalue weighted by molar-refractivity contribution is -0.147. The van der Waals surface area contributed by atoms with Gasteiger partial charge in [-0.3, -0.25) is 4.79 Å². The van der Waals surface area contributed by atoms with Gasteiger partial charge in [0.15, 0.2) is 5.60 Å². The van der Waals surface area contributed by atoms with E-state index in [1.165, 1.54) is 7.11 Å². The fourth-order valence-electron chi connectivity index (χ4n) is 1.32. The summed E-state index contributed by atoms with van der Waals surface area (Å²) in [6, 6.07) is 0. The molecule has 0 aromatic carbocycles. The highest BCUT2D eigenvalue weighted by Gasteiger charge is 2.52. The van der Waals surface area contributed by atoms with Gasteiger partial charge in [0.1, 0.15) is 0 Å². The zero-order valence-corrected chi connectivity index (χ0v) is 8.12. The summed E-state index contributed by atoms with van der Waals surface area (Å²) in [6.07, 6.45) is 1.92. The largest absolute Gasteiger partial charge is 0.481 e. The van der Waals surface area contributed by atoms with Crippen LogP contribution < -0.4 is 0 Å². The van der Waals surface area contributed by atoms with E-state index in [-0.39, 0.29) is 12.4 Å². The molecule has 1 saturated heterocycles. The summed E-state index contributed by atoms with van der Waals surface area (Å²) in [5.41, 5.74) is -0.757. The van der Waals surface area contributed by atoms with Gasteiger partial charge in [-0.05, 0) is 19.3 Å². The quantitative estimate of drug-likeness (QED) is 0.387. The third kappa shape index (κ3) is 2.70. The van der Waals surface area contributed by atoms with Crippen LogP contribution in [0.1, 0.15) is 25.7 Å². The first-order valence-electron chi connectivity index (χ1n) is 4.55. The summed E-state index contributed by atoms with van der Waals surface area (Å²) in [5, 5.41) is 8.39. The SMILES string of the molecule is COC(=O)C1(CCCCC(=O)O)CO1. The lowest BCUT2D eigenvalue weighted by atomic mass is 10.0. The van der Waals surface area contributed by atoms with E-state index in [1.807, 2.05) is 0 Å². The van der Waals surface area contributed by atoms with Crippen molar-refractivity contribution in [1.29, 1.82) is 0 Å². The molecule has 0 saturated carbocycles. The summed E-state index contributed by atoms with van der Waals surface area (Å²) >= 11 is 0. The first-order chi connectivity index (χ1) is 6.60. The second kappa shape index (κ2) is 4.41. The third-order valence-electron chi connectivity index (χ3n) is 2.27. The van der Waals surface area contributed by atoms with E-state index in [0.29, 0.717) is 25.9 Å². The van der Waals surface area contributed by atoms with Crippen LogP contribution >= 0.6 is 0 Å². The standard InChI is InChI=1S/C9H14O5/c1-13-8(12)9(6-14-9)5-3-2-4-7(10)11/h2-6H2,1H3,(H,10,11). The van der Waals surface area contributed by atoms with Gasteiger partial charge in [0.2, 0.25) is 0 Å². The van der Waals surface area contributed by atoms with Gasteiger partial charge in [-0.2, -0.15) is 0 Å². The highest BCUT2D eigenvalue weighted by atomic mass is 16.6. The van der Waals surface area contributed by atoms with Gasteiger partial charge < -0.3 is 14.6 Å². The second-order valence-electron chi connectivity index (χ2n) is 3.38. The van der Waals surface area contributed by atoms with Crippen molar-refractivity contribution in [2.24, 2.45) is 0 Å². The Morgan fingerprint density at radius 2 is 2.14 bits per heavy atom. The molecule has 1 rings (SSSR count). The fraction of sp³-hybridized carbons (Fsp3) is 0.778. The van der Waals surface area contributed by atoms with E-state index in [2.05, 4.69) is 4.74 Å². The maximum Gasteiger partial charge on any atom is 0.340 e. The average Bonchev–Trinajstić information content (AvgIpc) is 2.92. The third-order valence-corrected chi connectivity index (χ3v) is 2.27. The molecule has 1 N–H and O–H groups in total. The summed E-state index contributed by atoms with van der Waals surface area (Å²) in [7, 11) is 1.32. The molecule has 0 aromatic heterocycles. The van der Waals surface area contributed by atoms with Crippen molar-refractivity contribution < 1.29 is 24.2 Å². The number of carboxylic acid groups (broad SMARTS) is 1. The minimum absolute atomic E-state index is 0.136. The van der Waals surface area contributed by atoms with Crippen molar-refractivity contribution in [2.75, 3.05) is 13.7 Å². The van der Waals surface area contributed by atoms with Gasteiger partial charge in [0.25, 0.3) is 0 Å². The number of hydrogen-bond donors (Lipinski definition) is 1. The molecule has 5 nitrogen and oxygen atoms in total. The molecule has 1 unspecified atom stereocenters. The van der Waals surface area contributed by atoms with Gasteiger partial charge in [-0.1, -0.05) is 0 Å². The predicted molar refractivity (Wildman–Crippen MR) is 46.8 cm³/mol. The van der Waals surface area contributed by atoms with Crippen LogP contribution in [0, 0.1) is 0 Å². The van der Waals surface area contributed by atoms with Crippen LogP contribution in [0.5, 0.6) is 0 Å². The molecule has 1 aliphatic rings. The Morgan fingerprint density at radius 1 is 1.50 bits per heavy atom. The Balaban J connectivity index is 2.18. The van der Waals surface area contributed by atoms with Gasteiger partial charge >= 0.3 is 11.9 Å². The molecule has 1 heterocycles. The Hall–Kier alpha value is -1.10. The molecule has 0 bridgehead atoms. The minimum atomic E-state index is -0.811. The molecule has 1 aliphatic heterocycles. The van der Waals surface area contributed by atoms with Crippen LogP contribution in [-0.4, -0.2) is 36.4 Å². The molecule has 0 spiro atoms. The van der Waals surface area contributed by atoms with Gasteiger partial charge in [0.05, 0.1) is 13.7 Å². The summed E-state index contributed by atoms with van der Waals surface area (Å²) in [5.74, 6) is -1.17. The minimum Gasteiger partial charge on any atom is -0.481 e. The number of carbonyl (C=O) groups is 2. The maximum atomic E-state index is 11.2. The molecule has 14 heavy (non-hydrogen) atoms. The Morgan fingerprint density at radius 3 is 2.57 bits per heavy atom. The normalized spacial score (nSPS) is 24.4. The zero-order chi connectivity index (χ0) is 10.6. The highest BCUT2D eigenvalue weighted by Crippen LogP contribution is 2.34. The summed E-state index contributed by atoms with van der Waals surface area (Å²) < 4.78 is 9.61. The van der Waals surface area contributed by atoms with Gasteiger partial charge in [-0.25, -0.2) is 4.79 Å². The van der Waals surface area contributed by atoms with Crippen LogP contribution in [0.25, 0.3) is 0 Å². The van der Waals surface area contributed by atoms with E-state index in [9.17, 15) is 9.59 Å². The van der Waals surface area contributed by atoms with Crippen molar-refractivity contribution in [3.05, 3.63) is 0 Å². The number of methoxy groups -OCH3 is 1. The van der Waals surface area contributed by atoms with E-state index in [4.69, 9.17) is 9.84 Å². The Labute approximate surface area is 82.0 Å². The summed E-state index contributed by atoms with van der Waals surface area (Å²) in [4.78, 5) is 21.4. The van der Waals surface area contributed by atoms with Crippen molar-refractivity contribution in [3.8, 4) is 0 Å². The fourth-order valence-corrected chi connectivity index (χ4v) is 1.32. The molecule has 80 valence electrons. The molecule has 0 radical (unpaired) electrons. The first kappa shape index (κ1) is 11.0. The van der Waals surface area contributed by atoms with E-state index in [1.54, 1.807) is 0 Å². The molecule has 0 amide bonds. The number of ether oxygens (including phenoxy) is 2. The van der Waals surface area contributed by atoms with Crippen LogP contribution in [0.15, 0.2) is 0 Å². The van der Waals surface area contributed by atoms with Crippen LogP contribution in [0.3, 0.4) is 0 Å². The lowest BCUT2D eigenvalue weighted by Crippen LogP contribution is -2.25. The Bertz CT molecular complexity index is 231. The number of epoxide rings is 1. The predicted octanol–water partition coefficient (Wildman–Crippen LogP) is 0.573. The zero-order valence-electron chi connectivity index (χ0n) is 8.12. The molecule has 1 fully saturated rings. The van der Waals surface area contributed by atoms with Crippen molar-refractivity contribution >= 4 is 11.9 Å². The van der Waals surface area contributed by atoms with Gasteiger partial charge in [0, 0.05) is 6.42 Å². The number of carbonyl (C=O) groups excluding carboxylic acids is 1. The molecule has 1 atom stereocenters. The van der Waals surface area contributed by atoms with Crippen LogP contribution in [0.4, 0.5) is 0 Å². The van der Waals surface area contributed by atoms with Crippen LogP contribution in [0.2, 0.25) is 0 Å². The van der Waals surface area contributed by atoms with E-state index >= 15 is 0 Å². The number of unbranched alkanes of at least 4 members (excludes halogenated alkanes) is 1. The molecule has 0 aliphatic carbocycles. The monoisotopic (exact) mass is 202 g/mol. The average molecular weight is 202 g/mol. The molecule has 5 heteroatoms. The summed E-state index contributed by atoms with van der Waals surface area (Å²) in [6.45, 7) is 0.396. The van der Waals surface area contributed by atoms with Crippen LogP contribution in [-0.2, 0) is 19.1 Å². The number of hydrogen-bond acceptors (Lipinski definition) is 4. The lowest BCUT2D eigenvalue weighted by Gasteiger charge is -2.07. The maximum absolute atomic E-state index is 11.2. The molecule has 0 aromatic rings. The smallest absolute Gasteiger partial charge is 0.340 e. The van der Waals surface area contributed by atoms with Gasteiger partial charge in [-0.15, -0.1) is 0 Å². The number of carboxylic acids is 1. The second-order valence-corrected chi connectivity index (χ2v) is 3.38. The van der Waals surface area contributed by atoms with Crippen molar-refractivity contribution in [2.45, 2.75) is 31.3 Å². The Kier molecular flexibility index (Phi) is 3.46. The van der Waals surface area contributed by atoms with Crippen molar-refractivity contribution in [1.82, 2.24) is 0 Å². The van der Waals surface area contributed by atoms with Crippen molar-refractivity contribution in [3.63, 3.8) is 0 Å². The number of aliphatic carboxylic acids is 1. The molecular formula is C9H14O5. The molecular weight excluding hydrogens is 188 g/mol. The number of rotatable bonds is 6. The van der Waals surface area contributed by atoms with E-state index in [0.717, 1.165) is 0 Å².